The minimum absolute atomic E-state index is 0.0253. The number of aliphatic hydroxyl groups is 1. The van der Waals surface area contributed by atoms with E-state index in [1.54, 1.807) is 11.1 Å². The average molecular weight is 291 g/mol. The quantitative estimate of drug-likeness (QED) is 0.873. The van der Waals surface area contributed by atoms with E-state index in [2.05, 4.69) is 10.3 Å². The molecule has 21 heavy (non-hydrogen) atoms. The third kappa shape index (κ3) is 4.17. The van der Waals surface area contributed by atoms with Crippen molar-refractivity contribution in [1.82, 2.24) is 9.88 Å². The molecule has 1 amide bonds. The molecule has 1 aliphatic carbocycles. The maximum absolute atomic E-state index is 12.3. The van der Waals surface area contributed by atoms with Gasteiger partial charge in [0.05, 0.1) is 6.10 Å². The predicted molar refractivity (Wildman–Crippen MR) is 83.4 cm³/mol. The van der Waals surface area contributed by atoms with Crippen molar-refractivity contribution < 1.29 is 9.90 Å². The molecule has 0 aromatic carbocycles. The molecule has 5 nitrogen and oxygen atoms in total. The fourth-order valence-corrected chi connectivity index (χ4v) is 2.77. The number of amides is 1. The van der Waals surface area contributed by atoms with Gasteiger partial charge in [0.1, 0.15) is 5.69 Å². The molecule has 1 aromatic rings. The highest BCUT2D eigenvalue weighted by molar-refractivity contribution is 5.93. The van der Waals surface area contributed by atoms with Crippen LogP contribution in [0.1, 0.15) is 50.0 Å². The second kappa shape index (κ2) is 7.41. The number of nitrogens with zero attached hydrogens (tertiary/aromatic N) is 2. The summed E-state index contributed by atoms with van der Waals surface area (Å²) in [5, 5.41) is 13.0. The fourth-order valence-electron chi connectivity index (χ4n) is 2.77. The molecule has 5 heteroatoms. The van der Waals surface area contributed by atoms with Gasteiger partial charge in [-0.05, 0) is 51.7 Å². The zero-order chi connectivity index (χ0) is 15.2. The molecule has 1 aromatic heterocycles. The molecule has 1 fully saturated rings. The van der Waals surface area contributed by atoms with Crippen LogP contribution in [-0.2, 0) is 0 Å². The Labute approximate surface area is 126 Å². The number of pyridine rings is 1. The van der Waals surface area contributed by atoms with Gasteiger partial charge in [-0.3, -0.25) is 9.78 Å². The Bertz CT molecular complexity index is 466. The van der Waals surface area contributed by atoms with E-state index >= 15 is 0 Å². The van der Waals surface area contributed by atoms with Crippen molar-refractivity contribution in [2.45, 2.75) is 51.7 Å². The van der Waals surface area contributed by atoms with Crippen LogP contribution in [0.2, 0.25) is 0 Å². The van der Waals surface area contributed by atoms with Gasteiger partial charge in [-0.15, -0.1) is 0 Å². The molecule has 0 spiro atoms. The highest BCUT2D eigenvalue weighted by Gasteiger charge is 2.20. The van der Waals surface area contributed by atoms with Crippen LogP contribution in [0.4, 0.5) is 5.69 Å². The zero-order valence-corrected chi connectivity index (χ0v) is 12.9. The Balaban J connectivity index is 2.02. The summed E-state index contributed by atoms with van der Waals surface area (Å²) in [7, 11) is 0. The molecule has 1 heterocycles. The lowest BCUT2D eigenvalue weighted by molar-refractivity contribution is 0.0767. The Morgan fingerprint density at radius 3 is 2.62 bits per heavy atom. The van der Waals surface area contributed by atoms with Crippen molar-refractivity contribution in [1.29, 1.82) is 0 Å². The van der Waals surface area contributed by atoms with Gasteiger partial charge in [-0.25, -0.2) is 0 Å². The van der Waals surface area contributed by atoms with Gasteiger partial charge in [0.15, 0.2) is 0 Å². The minimum Gasteiger partial charge on any atom is -0.393 e. The highest BCUT2D eigenvalue weighted by Crippen LogP contribution is 2.22. The van der Waals surface area contributed by atoms with Crippen molar-refractivity contribution in [2.75, 3.05) is 18.4 Å². The first-order chi connectivity index (χ1) is 10.1. The van der Waals surface area contributed by atoms with E-state index in [0.717, 1.165) is 31.4 Å². The van der Waals surface area contributed by atoms with Crippen LogP contribution in [0.25, 0.3) is 0 Å². The third-order valence-electron chi connectivity index (χ3n) is 4.10. The molecular formula is C16H25N3O2. The second-order valence-corrected chi connectivity index (χ2v) is 5.56. The lowest BCUT2D eigenvalue weighted by atomic mass is 9.93. The van der Waals surface area contributed by atoms with Gasteiger partial charge in [-0.1, -0.05) is 0 Å². The Hall–Kier alpha value is -1.62. The topological polar surface area (TPSA) is 65.5 Å². The second-order valence-electron chi connectivity index (χ2n) is 5.56. The van der Waals surface area contributed by atoms with E-state index in [1.165, 1.54) is 0 Å². The Kier molecular flexibility index (Phi) is 5.56. The van der Waals surface area contributed by atoms with E-state index in [1.807, 2.05) is 26.0 Å². The molecule has 0 bridgehead atoms. The van der Waals surface area contributed by atoms with E-state index in [0.29, 0.717) is 24.8 Å². The number of carbonyl (C=O) groups is 1. The van der Waals surface area contributed by atoms with Crippen LogP contribution in [0.3, 0.4) is 0 Å². The van der Waals surface area contributed by atoms with Gasteiger partial charge in [0, 0.05) is 31.0 Å². The van der Waals surface area contributed by atoms with Crippen LogP contribution in [0, 0.1) is 0 Å². The first-order valence-corrected chi connectivity index (χ1v) is 7.84. The standard InChI is InChI=1S/C16H25N3O2/c1-3-19(4-2)16(21)15-11-13(9-10-17-15)18-12-5-7-14(20)8-6-12/h9-12,14,20H,3-8H2,1-2H3,(H,17,18). The monoisotopic (exact) mass is 291 g/mol. The van der Waals surface area contributed by atoms with Gasteiger partial charge in [0.2, 0.25) is 0 Å². The van der Waals surface area contributed by atoms with Gasteiger partial charge >= 0.3 is 0 Å². The number of aromatic nitrogens is 1. The van der Waals surface area contributed by atoms with Crippen LogP contribution in [0.15, 0.2) is 18.3 Å². The molecule has 1 saturated carbocycles. The summed E-state index contributed by atoms with van der Waals surface area (Å²) in [6, 6.07) is 4.09. The minimum atomic E-state index is -0.153. The van der Waals surface area contributed by atoms with E-state index < -0.39 is 0 Å². The Morgan fingerprint density at radius 2 is 2.00 bits per heavy atom. The smallest absolute Gasteiger partial charge is 0.272 e. The lowest BCUT2D eigenvalue weighted by Gasteiger charge is -2.27. The van der Waals surface area contributed by atoms with Crippen molar-refractivity contribution in [3.63, 3.8) is 0 Å². The summed E-state index contributed by atoms with van der Waals surface area (Å²) in [6.07, 6.45) is 5.13. The summed E-state index contributed by atoms with van der Waals surface area (Å²) >= 11 is 0. The number of anilines is 1. The maximum Gasteiger partial charge on any atom is 0.272 e. The number of carbonyl (C=O) groups excluding carboxylic acids is 1. The molecule has 2 rings (SSSR count). The average Bonchev–Trinajstić information content (AvgIpc) is 2.51. The van der Waals surface area contributed by atoms with Gasteiger partial charge in [0.25, 0.3) is 5.91 Å². The third-order valence-corrected chi connectivity index (χ3v) is 4.10. The van der Waals surface area contributed by atoms with Gasteiger partial charge in [-0.2, -0.15) is 0 Å². The van der Waals surface area contributed by atoms with Crippen molar-refractivity contribution in [2.24, 2.45) is 0 Å². The molecule has 0 radical (unpaired) electrons. The van der Waals surface area contributed by atoms with Crippen LogP contribution in [0.5, 0.6) is 0 Å². The summed E-state index contributed by atoms with van der Waals surface area (Å²) < 4.78 is 0. The molecule has 1 aliphatic rings. The first-order valence-electron chi connectivity index (χ1n) is 7.84. The predicted octanol–water partition coefficient (Wildman–Crippen LogP) is 2.28. The number of hydrogen-bond acceptors (Lipinski definition) is 4. The van der Waals surface area contributed by atoms with Crippen molar-refractivity contribution in [3.05, 3.63) is 24.0 Å². The zero-order valence-electron chi connectivity index (χ0n) is 12.9. The van der Waals surface area contributed by atoms with Gasteiger partial charge < -0.3 is 15.3 Å². The van der Waals surface area contributed by atoms with Crippen LogP contribution < -0.4 is 5.32 Å². The van der Waals surface area contributed by atoms with E-state index in [9.17, 15) is 9.90 Å². The maximum atomic E-state index is 12.3. The largest absolute Gasteiger partial charge is 0.393 e. The normalized spacial score (nSPS) is 21.9. The Morgan fingerprint density at radius 1 is 1.33 bits per heavy atom. The molecule has 0 atom stereocenters. The summed E-state index contributed by atoms with van der Waals surface area (Å²) in [6.45, 7) is 5.32. The van der Waals surface area contributed by atoms with Crippen molar-refractivity contribution >= 4 is 11.6 Å². The molecule has 0 unspecified atom stereocenters. The first kappa shape index (κ1) is 15.8. The van der Waals surface area contributed by atoms with Crippen LogP contribution >= 0.6 is 0 Å². The molecular weight excluding hydrogens is 266 g/mol. The van der Waals surface area contributed by atoms with E-state index in [4.69, 9.17) is 0 Å². The summed E-state index contributed by atoms with van der Waals surface area (Å²) in [5.41, 5.74) is 1.42. The number of nitrogens with one attached hydrogen (secondary N) is 1. The molecule has 0 saturated heterocycles. The lowest BCUT2D eigenvalue weighted by Crippen LogP contribution is -2.31. The number of hydrogen-bond donors (Lipinski definition) is 2. The SMILES string of the molecule is CCN(CC)C(=O)c1cc(NC2CCC(O)CC2)ccn1. The fraction of sp³-hybridized carbons (Fsp3) is 0.625. The summed E-state index contributed by atoms with van der Waals surface area (Å²) in [5.74, 6) is -0.0253. The number of aliphatic hydroxyl groups excluding tert-OH is 1. The van der Waals surface area contributed by atoms with Crippen molar-refractivity contribution in [3.8, 4) is 0 Å². The van der Waals surface area contributed by atoms with E-state index in [-0.39, 0.29) is 12.0 Å². The summed E-state index contributed by atoms with van der Waals surface area (Å²) in [4.78, 5) is 18.3. The number of rotatable bonds is 5. The molecule has 0 aliphatic heterocycles. The highest BCUT2D eigenvalue weighted by atomic mass is 16.3. The molecule has 116 valence electrons. The van der Waals surface area contributed by atoms with Crippen LogP contribution in [-0.4, -0.2) is 46.1 Å². The molecule has 2 N–H and O–H groups in total.